The Labute approximate surface area is 81.7 Å². The van der Waals surface area contributed by atoms with Gasteiger partial charge in [-0.3, -0.25) is 0 Å². The Bertz CT molecular complexity index is 331. The van der Waals surface area contributed by atoms with Crippen molar-refractivity contribution in [3.8, 4) is 11.8 Å². The van der Waals surface area contributed by atoms with Crippen LogP contribution in [0, 0.1) is 17.7 Å². The highest BCUT2D eigenvalue weighted by molar-refractivity contribution is 6.18. The molecule has 0 fully saturated rings. The first-order valence-corrected chi connectivity index (χ1v) is 4.37. The zero-order valence-electron chi connectivity index (χ0n) is 6.98. The van der Waals surface area contributed by atoms with Crippen molar-refractivity contribution < 1.29 is 4.39 Å². The second-order valence-electron chi connectivity index (χ2n) is 2.51. The molecule has 0 amide bonds. The van der Waals surface area contributed by atoms with E-state index in [1.165, 1.54) is 12.1 Å². The summed E-state index contributed by atoms with van der Waals surface area (Å²) in [5, 5.41) is 0. The Balaban J connectivity index is 2.85. The third-order valence-electron chi connectivity index (χ3n) is 1.37. The zero-order chi connectivity index (χ0) is 9.68. The summed E-state index contributed by atoms with van der Waals surface area (Å²) in [6.07, 6.45) is 0.595. The van der Waals surface area contributed by atoms with Gasteiger partial charge in [0.05, 0.1) is 0 Å². The van der Waals surface area contributed by atoms with Crippen molar-refractivity contribution in [2.24, 2.45) is 0 Å². The van der Waals surface area contributed by atoms with Gasteiger partial charge in [-0.15, -0.1) is 11.6 Å². The van der Waals surface area contributed by atoms with Gasteiger partial charge in [0.15, 0.2) is 0 Å². The van der Waals surface area contributed by atoms with Gasteiger partial charge in [-0.25, -0.2) is 4.39 Å². The van der Waals surface area contributed by atoms with E-state index in [1.54, 1.807) is 6.07 Å². The van der Waals surface area contributed by atoms with E-state index in [2.05, 4.69) is 11.8 Å². The summed E-state index contributed by atoms with van der Waals surface area (Å²) in [6.45, 7) is 0. The number of benzene rings is 1. The van der Waals surface area contributed by atoms with Crippen molar-refractivity contribution in [1.29, 1.82) is 0 Å². The van der Waals surface area contributed by atoms with Crippen LogP contribution >= 0.6 is 11.6 Å². The van der Waals surface area contributed by atoms with Crippen LogP contribution in [-0.2, 0) is 0 Å². The number of hydrogen-bond acceptors (Lipinski definition) is 1. The quantitative estimate of drug-likeness (QED) is 0.418. The summed E-state index contributed by atoms with van der Waals surface area (Å²) in [7, 11) is 0. The molecule has 68 valence electrons. The normalized spacial score (nSPS) is 9.08. The van der Waals surface area contributed by atoms with Crippen LogP contribution in [0.1, 0.15) is 12.0 Å². The molecule has 0 aliphatic carbocycles. The van der Waals surface area contributed by atoms with Gasteiger partial charge in [-0.1, -0.05) is 11.8 Å². The van der Waals surface area contributed by atoms with E-state index in [0.29, 0.717) is 23.6 Å². The number of hydrogen-bond donors (Lipinski definition) is 1. The summed E-state index contributed by atoms with van der Waals surface area (Å²) in [6, 6.07) is 4.23. The van der Waals surface area contributed by atoms with Crippen LogP contribution in [0.4, 0.5) is 10.1 Å². The summed E-state index contributed by atoms with van der Waals surface area (Å²) < 4.78 is 12.8. The van der Waals surface area contributed by atoms with Gasteiger partial charge in [0, 0.05) is 23.6 Å². The lowest BCUT2D eigenvalue weighted by atomic mass is 10.2. The molecule has 0 spiro atoms. The van der Waals surface area contributed by atoms with E-state index >= 15 is 0 Å². The highest BCUT2D eigenvalue weighted by Crippen LogP contribution is 2.09. The Morgan fingerprint density at radius 2 is 2.15 bits per heavy atom. The van der Waals surface area contributed by atoms with Gasteiger partial charge in [0.1, 0.15) is 5.82 Å². The van der Waals surface area contributed by atoms with Crippen LogP contribution in [0.3, 0.4) is 0 Å². The van der Waals surface area contributed by atoms with Crippen molar-refractivity contribution in [3.05, 3.63) is 29.6 Å². The Kier molecular flexibility index (Phi) is 3.60. The van der Waals surface area contributed by atoms with Crippen LogP contribution in [-0.4, -0.2) is 5.88 Å². The molecule has 0 heterocycles. The monoisotopic (exact) mass is 197 g/mol. The highest BCUT2D eigenvalue weighted by Gasteiger charge is 1.94. The van der Waals surface area contributed by atoms with Crippen LogP contribution < -0.4 is 5.73 Å². The highest BCUT2D eigenvalue weighted by atomic mass is 35.5. The van der Waals surface area contributed by atoms with Gasteiger partial charge in [0.25, 0.3) is 0 Å². The minimum Gasteiger partial charge on any atom is -0.399 e. The molecule has 0 unspecified atom stereocenters. The molecule has 1 nitrogen and oxygen atoms in total. The molecule has 0 aliphatic rings. The smallest absolute Gasteiger partial charge is 0.126 e. The van der Waals surface area contributed by atoms with Crippen molar-refractivity contribution in [1.82, 2.24) is 0 Å². The molecule has 3 heteroatoms. The van der Waals surface area contributed by atoms with Gasteiger partial charge >= 0.3 is 0 Å². The summed E-state index contributed by atoms with van der Waals surface area (Å²) in [4.78, 5) is 0. The Morgan fingerprint density at radius 1 is 1.38 bits per heavy atom. The second kappa shape index (κ2) is 4.74. The first-order valence-electron chi connectivity index (χ1n) is 3.83. The molecular formula is C10H9ClFN. The molecule has 1 aromatic carbocycles. The lowest BCUT2D eigenvalue weighted by Gasteiger charge is -1.94. The third kappa shape index (κ3) is 3.35. The second-order valence-corrected chi connectivity index (χ2v) is 2.89. The van der Waals surface area contributed by atoms with Crippen LogP contribution in [0.5, 0.6) is 0 Å². The molecule has 0 bridgehead atoms. The largest absolute Gasteiger partial charge is 0.399 e. The van der Waals surface area contributed by atoms with Gasteiger partial charge in [-0.05, 0) is 18.2 Å². The number of nitrogens with two attached hydrogens (primary N) is 1. The molecule has 0 saturated carbocycles. The van der Waals surface area contributed by atoms with Gasteiger partial charge in [-0.2, -0.15) is 0 Å². The van der Waals surface area contributed by atoms with E-state index in [1.807, 2.05) is 0 Å². The number of halogens is 2. The Hall–Kier alpha value is -1.20. The summed E-state index contributed by atoms with van der Waals surface area (Å²) >= 11 is 5.43. The average molecular weight is 198 g/mol. The maximum Gasteiger partial charge on any atom is 0.126 e. The molecule has 0 saturated heterocycles. The number of anilines is 1. The fraction of sp³-hybridized carbons (Fsp3) is 0.200. The van der Waals surface area contributed by atoms with E-state index in [4.69, 9.17) is 17.3 Å². The predicted molar refractivity (Wildman–Crippen MR) is 53.0 cm³/mol. The Morgan fingerprint density at radius 3 is 2.77 bits per heavy atom. The average Bonchev–Trinajstić information content (AvgIpc) is 2.03. The molecule has 1 aromatic rings. The first kappa shape index (κ1) is 9.88. The summed E-state index contributed by atoms with van der Waals surface area (Å²) in [5.41, 5.74) is 6.40. The number of nitrogen functional groups attached to an aromatic ring is 1. The molecule has 0 aromatic heterocycles. The first-order chi connectivity index (χ1) is 6.22. The van der Waals surface area contributed by atoms with E-state index < -0.39 is 0 Å². The SMILES string of the molecule is Nc1cc(F)cc(C#CCCCl)c1. The third-order valence-corrected chi connectivity index (χ3v) is 1.56. The standard InChI is InChI=1S/C10H9ClFN/c11-4-2-1-3-8-5-9(12)7-10(13)6-8/h5-7H,2,4,13H2. The predicted octanol–water partition coefficient (Wildman–Crippen LogP) is 2.39. The van der Waals surface area contributed by atoms with Crippen LogP contribution in [0.25, 0.3) is 0 Å². The maximum atomic E-state index is 12.8. The fourth-order valence-corrected chi connectivity index (χ4v) is 0.991. The van der Waals surface area contributed by atoms with Crippen LogP contribution in [0.2, 0.25) is 0 Å². The van der Waals surface area contributed by atoms with E-state index in [-0.39, 0.29) is 5.82 Å². The molecule has 1 rings (SSSR count). The molecule has 0 aliphatic heterocycles. The number of rotatable bonds is 1. The van der Waals surface area contributed by atoms with Gasteiger partial charge in [0.2, 0.25) is 0 Å². The van der Waals surface area contributed by atoms with Crippen molar-refractivity contribution in [2.75, 3.05) is 11.6 Å². The van der Waals surface area contributed by atoms with Crippen molar-refractivity contribution in [2.45, 2.75) is 6.42 Å². The molecule has 13 heavy (non-hydrogen) atoms. The molecule has 2 N–H and O–H groups in total. The molecular weight excluding hydrogens is 189 g/mol. The molecule has 0 atom stereocenters. The lowest BCUT2D eigenvalue weighted by Crippen LogP contribution is -1.88. The van der Waals surface area contributed by atoms with Crippen molar-refractivity contribution >= 4 is 17.3 Å². The minimum atomic E-state index is -0.366. The maximum absolute atomic E-state index is 12.8. The van der Waals surface area contributed by atoms with Crippen LogP contribution in [0.15, 0.2) is 18.2 Å². The van der Waals surface area contributed by atoms with Crippen molar-refractivity contribution in [3.63, 3.8) is 0 Å². The lowest BCUT2D eigenvalue weighted by molar-refractivity contribution is 0.628. The van der Waals surface area contributed by atoms with E-state index in [0.717, 1.165) is 0 Å². The molecule has 0 radical (unpaired) electrons. The topological polar surface area (TPSA) is 26.0 Å². The van der Waals surface area contributed by atoms with Gasteiger partial charge < -0.3 is 5.73 Å². The minimum absolute atomic E-state index is 0.366. The van der Waals surface area contributed by atoms with E-state index in [9.17, 15) is 4.39 Å². The zero-order valence-corrected chi connectivity index (χ0v) is 7.74. The fourth-order valence-electron chi connectivity index (χ4n) is 0.896. The number of alkyl halides is 1. The summed E-state index contributed by atoms with van der Waals surface area (Å²) in [5.74, 6) is 5.69.